The normalized spacial score (nSPS) is 10.3. The van der Waals surface area contributed by atoms with E-state index in [9.17, 15) is 10.1 Å². The number of aromatic nitrogens is 1. The predicted octanol–water partition coefficient (Wildman–Crippen LogP) is 3.87. The van der Waals surface area contributed by atoms with Gasteiger partial charge in [-0.25, -0.2) is 4.98 Å². The quantitative estimate of drug-likeness (QED) is 0.528. The number of hydrogen-bond acceptors (Lipinski definition) is 8. The molecule has 3 aromatic rings. The van der Waals surface area contributed by atoms with Crippen LogP contribution in [0, 0.1) is 11.3 Å². The van der Waals surface area contributed by atoms with Gasteiger partial charge in [0.25, 0.3) is 0 Å². The highest BCUT2D eigenvalue weighted by molar-refractivity contribution is 8.00. The highest BCUT2D eigenvalue weighted by Gasteiger charge is 2.14. The molecule has 160 valence electrons. The number of anilines is 1. The van der Waals surface area contributed by atoms with Crippen molar-refractivity contribution in [2.75, 3.05) is 39.5 Å². The molecule has 1 heterocycles. The van der Waals surface area contributed by atoms with Crippen molar-refractivity contribution < 1.29 is 23.7 Å². The number of nitriles is 1. The Morgan fingerprint density at radius 3 is 2.19 bits per heavy atom. The molecule has 1 N–H and O–H groups in total. The number of nitrogens with one attached hydrogen (secondary N) is 1. The van der Waals surface area contributed by atoms with Gasteiger partial charge in [0.1, 0.15) is 22.6 Å². The van der Waals surface area contributed by atoms with Crippen LogP contribution in [0.2, 0.25) is 0 Å². The van der Waals surface area contributed by atoms with E-state index < -0.39 is 0 Å². The van der Waals surface area contributed by atoms with Gasteiger partial charge >= 0.3 is 0 Å². The summed E-state index contributed by atoms with van der Waals surface area (Å²) in [4.78, 5) is 17.0. The minimum absolute atomic E-state index is 0.0694. The van der Waals surface area contributed by atoms with E-state index in [1.54, 1.807) is 50.6 Å². The van der Waals surface area contributed by atoms with Gasteiger partial charge in [-0.1, -0.05) is 11.8 Å². The van der Waals surface area contributed by atoms with Crippen LogP contribution in [-0.2, 0) is 4.79 Å². The van der Waals surface area contributed by atoms with Crippen LogP contribution in [-0.4, -0.2) is 45.1 Å². The minimum Gasteiger partial charge on any atom is -0.497 e. The number of nitrogens with zero attached hydrogens (tertiary/aromatic N) is 2. The first-order valence-electron chi connectivity index (χ1n) is 9.13. The van der Waals surface area contributed by atoms with Crippen LogP contribution in [0.1, 0.15) is 5.56 Å². The number of hydrogen-bond donors (Lipinski definition) is 1. The van der Waals surface area contributed by atoms with Gasteiger partial charge in [-0.2, -0.15) is 5.26 Å². The van der Waals surface area contributed by atoms with Crippen molar-refractivity contribution in [2.45, 2.75) is 5.03 Å². The lowest BCUT2D eigenvalue weighted by atomic mass is 10.1. The van der Waals surface area contributed by atoms with Crippen LogP contribution >= 0.6 is 11.8 Å². The summed E-state index contributed by atoms with van der Waals surface area (Å²) < 4.78 is 21.1. The maximum Gasteiger partial charge on any atom is 0.234 e. The zero-order valence-electron chi connectivity index (χ0n) is 17.5. The third-order valence-corrected chi connectivity index (χ3v) is 5.37. The van der Waals surface area contributed by atoms with Gasteiger partial charge in [-0.05, 0) is 12.1 Å². The van der Waals surface area contributed by atoms with Crippen molar-refractivity contribution in [1.82, 2.24) is 4.98 Å². The summed E-state index contributed by atoms with van der Waals surface area (Å²) in [6.07, 6.45) is 0. The van der Waals surface area contributed by atoms with Crippen LogP contribution < -0.4 is 24.3 Å². The second-order valence-electron chi connectivity index (χ2n) is 6.29. The number of carbonyl (C=O) groups is 1. The Labute approximate surface area is 184 Å². The molecule has 1 aromatic heterocycles. The Kier molecular flexibility index (Phi) is 7.05. The van der Waals surface area contributed by atoms with E-state index in [4.69, 9.17) is 18.9 Å². The van der Waals surface area contributed by atoms with Crippen molar-refractivity contribution >= 4 is 34.3 Å². The van der Waals surface area contributed by atoms with Crippen molar-refractivity contribution in [3.8, 4) is 29.1 Å². The zero-order valence-corrected chi connectivity index (χ0v) is 18.3. The van der Waals surface area contributed by atoms with E-state index >= 15 is 0 Å². The number of benzene rings is 2. The molecule has 2 aromatic carbocycles. The first-order chi connectivity index (χ1) is 15.0. The maximum absolute atomic E-state index is 12.5. The smallest absolute Gasteiger partial charge is 0.234 e. The molecule has 31 heavy (non-hydrogen) atoms. The van der Waals surface area contributed by atoms with Crippen LogP contribution in [0.25, 0.3) is 10.9 Å². The third-order valence-electron chi connectivity index (χ3n) is 4.38. The average Bonchev–Trinajstić information content (AvgIpc) is 2.80. The Bertz CT molecular complexity index is 1140. The molecule has 0 saturated heterocycles. The van der Waals surface area contributed by atoms with Gasteiger partial charge in [0.05, 0.1) is 45.3 Å². The van der Waals surface area contributed by atoms with Gasteiger partial charge in [-0.3, -0.25) is 4.79 Å². The van der Waals surface area contributed by atoms with Crippen molar-refractivity contribution in [1.29, 1.82) is 5.26 Å². The summed E-state index contributed by atoms with van der Waals surface area (Å²) >= 11 is 1.18. The first-order valence-corrected chi connectivity index (χ1v) is 10.1. The lowest BCUT2D eigenvalue weighted by molar-refractivity contribution is -0.113. The highest BCUT2D eigenvalue weighted by Crippen LogP contribution is 2.34. The molecule has 0 aliphatic heterocycles. The number of pyridine rings is 1. The fraction of sp³-hybridized carbons (Fsp3) is 0.227. The van der Waals surface area contributed by atoms with Gasteiger partial charge in [0, 0.05) is 35.3 Å². The van der Waals surface area contributed by atoms with E-state index in [-0.39, 0.29) is 11.7 Å². The summed E-state index contributed by atoms with van der Waals surface area (Å²) in [7, 11) is 6.16. The number of methoxy groups -OCH3 is 4. The molecule has 9 heteroatoms. The molecule has 3 rings (SSSR count). The van der Waals surface area contributed by atoms with E-state index in [0.717, 1.165) is 5.39 Å². The average molecular weight is 439 g/mol. The second-order valence-corrected chi connectivity index (χ2v) is 7.26. The molecule has 0 aliphatic carbocycles. The largest absolute Gasteiger partial charge is 0.497 e. The molecule has 0 unspecified atom stereocenters. The van der Waals surface area contributed by atoms with Crippen LogP contribution in [0.3, 0.4) is 0 Å². The molecule has 8 nitrogen and oxygen atoms in total. The molecule has 1 amide bonds. The number of carbonyl (C=O) groups excluding carboxylic acids is 1. The fourth-order valence-electron chi connectivity index (χ4n) is 2.88. The second kappa shape index (κ2) is 9.91. The van der Waals surface area contributed by atoms with Crippen molar-refractivity contribution in [2.24, 2.45) is 0 Å². The van der Waals surface area contributed by atoms with E-state index in [1.807, 2.05) is 0 Å². The molecule has 0 spiro atoms. The third kappa shape index (κ3) is 5.10. The number of thioether (sulfide) groups is 1. The molecule has 0 fully saturated rings. The molecular formula is C22H21N3O5S. The van der Waals surface area contributed by atoms with Crippen molar-refractivity contribution in [3.05, 3.63) is 42.0 Å². The van der Waals surface area contributed by atoms with E-state index in [2.05, 4.69) is 16.4 Å². The Balaban J connectivity index is 1.80. The van der Waals surface area contributed by atoms with Crippen LogP contribution in [0.15, 0.2) is 41.4 Å². The number of ether oxygens (including phenoxy) is 4. The molecule has 0 aliphatic rings. The summed E-state index contributed by atoms with van der Waals surface area (Å²) in [5.74, 6) is 2.03. The minimum atomic E-state index is -0.251. The molecule has 0 radical (unpaired) electrons. The van der Waals surface area contributed by atoms with Gasteiger partial charge in [0.15, 0.2) is 11.5 Å². The Hall–Kier alpha value is -3.64. The summed E-state index contributed by atoms with van der Waals surface area (Å²) in [6.45, 7) is 0. The van der Waals surface area contributed by atoms with Crippen LogP contribution in [0.5, 0.6) is 23.0 Å². The maximum atomic E-state index is 12.5. The van der Waals surface area contributed by atoms with E-state index in [1.165, 1.54) is 26.0 Å². The van der Waals surface area contributed by atoms with Gasteiger partial charge < -0.3 is 24.3 Å². The fourth-order valence-corrected chi connectivity index (χ4v) is 3.65. The first kappa shape index (κ1) is 22.1. The molecule has 0 bridgehead atoms. The van der Waals surface area contributed by atoms with Gasteiger partial charge in [-0.15, -0.1) is 0 Å². The Morgan fingerprint density at radius 1 is 0.968 bits per heavy atom. The van der Waals surface area contributed by atoms with Crippen LogP contribution in [0.4, 0.5) is 5.69 Å². The lowest BCUT2D eigenvalue weighted by Gasteiger charge is -2.11. The SMILES string of the molecule is COc1cc(NC(=O)CSc2nc3cc(OC)c(OC)cc3cc2C#N)cc(OC)c1. The van der Waals surface area contributed by atoms with E-state index in [0.29, 0.717) is 44.8 Å². The predicted molar refractivity (Wildman–Crippen MR) is 118 cm³/mol. The number of fused-ring (bicyclic) bond motifs is 1. The monoisotopic (exact) mass is 439 g/mol. The number of rotatable bonds is 8. The molecular weight excluding hydrogens is 418 g/mol. The highest BCUT2D eigenvalue weighted by atomic mass is 32.2. The summed E-state index contributed by atoms with van der Waals surface area (Å²) in [6, 6.07) is 12.5. The topological polar surface area (TPSA) is 103 Å². The molecule has 0 atom stereocenters. The lowest BCUT2D eigenvalue weighted by Crippen LogP contribution is -2.14. The standard InChI is InChI=1S/C22H21N3O5S/c1-27-16-7-15(8-17(9-16)28-2)24-21(26)12-31-22-14(11-23)5-13-6-19(29-3)20(30-4)10-18(13)25-22/h5-10H,12H2,1-4H3,(H,24,26). The summed E-state index contributed by atoms with van der Waals surface area (Å²) in [5.41, 5.74) is 1.56. The molecule has 0 saturated carbocycles. The zero-order chi connectivity index (χ0) is 22.4. The number of amides is 1. The summed E-state index contributed by atoms with van der Waals surface area (Å²) in [5, 5.41) is 13.5. The Morgan fingerprint density at radius 2 is 1.61 bits per heavy atom. The van der Waals surface area contributed by atoms with Gasteiger partial charge in [0.2, 0.25) is 5.91 Å². The van der Waals surface area contributed by atoms with Crippen molar-refractivity contribution in [3.63, 3.8) is 0 Å².